The van der Waals surface area contributed by atoms with Gasteiger partial charge in [-0.25, -0.2) is 13.6 Å². The second-order valence-corrected chi connectivity index (χ2v) is 5.43. The van der Waals surface area contributed by atoms with Crippen molar-refractivity contribution >= 4 is 17.5 Å². The molecule has 1 aliphatic rings. The molecule has 1 aromatic rings. The second kappa shape index (κ2) is 7.20. The van der Waals surface area contributed by atoms with Crippen molar-refractivity contribution < 1.29 is 23.1 Å². The Morgan fingerprint density at radius 3 is 2.42 bits per heavy atom. The summed E-state index contributed by atoms with van der Waals surface area (Å²) in [7, 11) is 0. The first kappa shape index (κ1) is 17.6. The van der Waals surface area contributed by atoms with Crippen LogP contribution in [0.4, 0.5) is 8.78 Å². The third-order valence-electron chi connectivity index (χ3n) is 3.36. The fourth-order valence-electron chi connectivity index (χ4n) is 2.02. The second-order valence-electron chi connectivity index (χ2n) is 5.43. The van der Waals surface area contributed by atoms with E-state index in [-0.39, 0.29) is 23.1 Å². The van der Waals surface area contributed by atoms with Crippen molar-refractivity contribution in [3.05, 3.63) is 46.8 Å². The maximum absolute atomic E-state index is 13.5. The summed E-state index contributed by atoms with van der Waals surface area (Å²) in [5, 5.41) is 10.5. The quantitative estimate of drug-likeness (QED) is 0.304. The van der Waals surface area contributed by atoms with E-state index in [2.05, 4.69) is 5.32 Å². The highest BCUT2D eigenvalue weighted by atomic mass is 19.1. The van der Waals surface area contributed by atoms with Gasteiger partial charge < -0.3 is 21.2 Å². The van der Waals surface area contributed by atoms with Gasteiger partial charge in [0.05, 0.1) is 5.56 Å². The number of ether oxygens (including phenoxy) is 1. The summed E-state index contributed by atoms with van der Waals surface area (Å²) >= 11 is 0. The third kappa shape index (κ3) is 4.15. The van der Waals surface area contributed by atoms with E-state index >= 15 is 0 Å². The number of nitrogens with one attached hydrogen (secondary N) is 2. The number of halogens is 2. The van der Waals surface area contributed by atoms with Crippen LogP contribution in [0.3, 0.4) is 0 Å². The Bertz CT molecular complexity index is 707. The average molecular weight is 337 g/mol. The fourth-order valence-corrected chi connectivity index (χ4v) is 2.02. The summed E-state index contributed by atoms with van der Waals surface area (Å²) in [5.41, 5.74) is 4.63. The van der Waals surface area contributed by atoms with Crippen molar-refractivity contribution in [2.75, 3.05) is 6.61 Å². The minimum Gasteiger partial charge on any atom is -0.454 e. The van der Waals surface area contributed by atoms with Gasteiger partial charge in [0.15, 0.2) is 6.61 Å². The number of rotatable bonds is 7. The Kier molecular flexibility index (Phi) is 5.28. The number of Topliss-reactive ketones (excluding diaryl/α,β-unsaturated/α-hetero) is 1. The molecule has 0 bridgehead atoms. The lowest BCUT2D eigenvalue weighted by atomic mass is 10.1. The highest BCUT2D eigenvalue weighted by molar-refractivity contribution is 6.18. The maximum atomic E-state index is 13.5. The molecule has 1 fully saturated rings. The number of carbonyl (C=O) groups excluding carboxylic acids is 2. The molecule has 0 radical (unpaired) electrons. The summed E-state index contributed by atoms with van der Waals surface area (Å²) in [5.74, 6) is -4.11. The van der Waals surface area contributed by atoms with E-state index in [9.17, 15) is 18.4 Å². The predicted octanol–water partition coefficient (Wildman–Crippen LogP) is 1.65. The van der Waals surface area contributed by atoms with Gasteiger partial charge in [0, 0.05) is 11.8 Å². The molecule has 0 unspecified atom stereocenters. The topological polar surface area (TPSA) is 105 Å². The number of benzene rings is 1. The fraction of sp³-hybridized carbons (Fsp3) is 0.312. The molecule has 0 atom stereocenters. The maximum Gasteiger partial charge on any atom is 0.344 e. The van der Waals surface area contributed by atoms with Crippen LogP contribution in [-0.2, 0) is 9.53 Å². The molecular weight excluding hydrogens is 320 g/mol. The number of hydrogen-bond acceptors (Lipinski definition) is 6. The minimum absolute atomic E-state index is 0.0143. The number of esters is 1. The highest BCUT2D eigenvalue weighted by Crippen LogP contribution is 2.20. The van der Waals surface area contributed by atoms with E-state index in [1.54, 1.807) is 0 Å². The molecule has 6 nitrogen and oxygen atoms in total. The van der Waals surface area contributed by atoms with Crippen LogP contribution in [0.5, 0.6) is 0 Å². The number of hydrogen-bond donors (Lipinski definition) is 3. The molecule has 0 aromatic heterocycles. The summed E-state index contributed by atoms with van der Waals surface area (Å²) < 4.78 is 31.8. The van der Waals surface area contributed by atoms with Gasteiger partial charge in [0.2, 0.25) is 5.78 Å². The standard InChI is InChI=1S/C16H17F2N3O3/c1-8(19)13(15(20)21-9-5-6-9)16(23)24-7-12(22)14-10(17)3-2-4-11(14)18/h2-4,9,19,21H,5-7,20H2,1H3/b15-13+,19-8?. The largest absolute Gasteiger partial charge is 0.454 e. The van der Waals surface area contributed by atoms with Gasteiger partial charge in [-0.05, 0) is 31.9 Å². The zero-order valence-corrected chi connectivity index (χ0v) is 13.0. The Morgan fingerprint density at radius 1 is 1.33 bits per heavy atom. The first-order valence-corrected chi connectivity index (χ1v) is 7.27. The van der Waals surface area contributed by atoms with E-state index in [4.69, 9.17) is 15.9 Å². The average Bonchev–Trinajstić information content (AvgIpc) is 3.28. The molecule has 0 aliphatic heterocycles. The summed E-state index contributed by atoms with van der Waals surface area (Å²) in [6.45, 7) is 0.487. The first-order valence-electron chi connectivity index (χ1n) is 7.27. The molecule has 1 aromatic carbocycles. The molecule has 128 valence electrons. The Labute approximate surface area is 137 Å². The molecule has 2 rings (SSSR count). The lowest BCUT2D eigenvalue weighted by molar-refractivity contribution is -0.137. The van der Waals surface area contributed by atoms with Crippen molar-refractivity contribution in [1.29, 1.82) is 5.41 Å². The van der Waals surface area contributed by atoms with Crippen molar-refractivity contribution in [1.82, 2.24) is 5.32 Å². The van der Waals surface area contributed by atoms with Crippen LogP contribution in [0.1, 0.15) is 30.1 Å². The van der Waals surface area contributed by atoms with Crippen LogP contribution in [-0.4, -0.2) is 30.1 Å². The van der Waals surface area contributed by atoms with Gasteiger partial charge in [-0.2, -0.15) is 0 Å². The lowest BCUT2D eigenvalue weighted by Gasteiger charge is -2.12. The minimum atomic E-state index is -1.04. The van der Waals surface area contributed by atoms with Crippen LogP contribution in [0.25, 0.3) is 0 Å². The molecule has 0 saturated heterocycles. The van der Waals surface area contributed by atoms with E-state index in [0.29, 0.717) is 0 Å². The Balaban J connectivity index is 2.07. The Hall–Kier alpha value is -2.77. The van der Waals surface area contributed by atoms with Gasteiger partial charge in [0.25, 0.3) is 0 Å². The SMILES string of the molecule is CC(=N)/C(C(=O)OCC(=O)c1c(F)cccc1F)=C(/N)NC1CC1. The van der Waals surface area contributed by atoms with E-state index in [0.717, 1.165) is 31.0 Å². The van der Waals surface area contributed by atoms with Gasteiger partial charge in [-0.3, -0.25) is 4.79 Å². The Morgan fingerprint density at radius 2 is 1.92 bits per heavy atom. The predicted molar refractivity (Wildman–Crippen MR) is 82.4 cm³/mol. The molecule has 0 amide bonds. The van der Waals surface area contributed by atoms with E-state index in [1.807, 2.05) is 0 Å². The van der Waals surface area contributed by atoms with Crippen LogP contribution in [0.15, 0.2) is 29.6 Å². The molecule has 8 heteroatoms. The van der Waals surface area contributed by atoms with Gasteiger partial charge in [-0.15, -0.1) is 0 Å². The van der Waals surface area contributed by atoms with E-state index in [1.165, 1.54) is 6.92 Å². The monoisotopic (exact) mass is 337 g/mol. The summed E-state index contributed by atoms with van der Waals surface area (Å²) in [6, 6.07) is 3.14. The smallest absolute Gasteiger partial charge is 0.344 e. The van der Waals surface area contributed by atoms with Gasteiger partial charge >= 0.3 is 5.97 Å². The number of nitrogens with two attached hydrogens (primary N) is 1. The van der Waals surface area contributed by atoms with Crippen molar-refractivity contribution in [2.45, 2.75) is 25.8 Å². The van der Waals surface area contributed by atoms with Gasteiger partial charge in [0.1, 0.15) is 23.0 Å². The van der Waals surface area contributed by atoms with Gasteiger partial charge in [-0.1, -0.05) is 6.07 Å². The molecule has 1 saturated carbocycles. The number of carbonyl (C=O) groups is 2. The highest BCUT2D eigenvalue weighted by Gasteiger charge is 2.26. The van der Waals surface area contributed by atoms with Crippen LogP contribution >= 0.6 is 0 Å². The van der Waals surface area contributed by atoms with Crippen molar-refractivity contribution in [3.63, 3.8) is 0 Å². The summed E-state index contributed by atoms with van der Waals surface area (Å²) in [4.78, 5) is 23.9. The number of ketones is 1. The molecule has 4 N–H and O–H groups in total. The molecular formula is C16H17F2N3O3. The first-order chi connectivity index (χ1) is 11.3. The lowest BCUT2D eigenvalue weighted by Crippen LogP contribution is -2.30. The third-order valence-corrected chi connectivity index (χ3v) is 3.36. The van der Waals surface area contributed by atoms with Crippen molar-refractivity contribution in [2.24, 2.45) is 5.73 Å². The molecule has 0 heterocycles. The summed E-state index contributed by atoms with van der Waals surface area (Å²) in [6.07, 6.45) is 1.82. The van der Waals surface area contributed by atoms with Crippen LogP contribution in [0, 0.1) is 17.0 Å². The van der Waals surface area contributed by atoms with Crippen molar-refractivity contribution in [3.8, 4) is 0 Å². The molecule has 1 aliphatic carbocycles. The molecule has 0 spiro atoms. The molecule has 24 heavy (non-hydrogen) atoms. The normalized spacial score (nSPS) is 14.6. The zero-order valence-electron chi connectivity index (χ0n) is 13.0. The zero-order chi connectivity index (χ0) is 17.9. The van der Waals surface area contributed by atoms with E-state index < -0.39 is 35.6 Å². The van der Waals surface area contributed by atoms with Crippen LogP contribution in [0.2, 0.25) is 0 Å². The van der Waals surface area contributed by atoms with Crippen LogP contribution < -0.4 is 11.1 Å².